The fourth-order valence-electron chi connectivity index (χ4n) is 2.39. The van der Waals surface area contributed by atoms with Crippen molar-refractivity contribution in [1.82, 2.24) is 0 Å². The molecule has 0 bridgehead atoms. The van der Waals surface area contributed by atoms with Crippen molar-refractivity contribution >= 4 is 25.0 Å². The van der Waals surface area contributed by atoms with Crippen LogP contribution in [-0.4, -0.2) is 14.4 Å². The summed E-state index contributed by atoms with van der Waals surface area (Å²) in [4.78, 5) is 0. The van der Waals surface area contributed by atoms with E-state index < -0.39 is 9.04 Å². The van der Waals surface area contributed by atoms with Gasteiger partial charge in [-0.3, -0.25) is 0 Å². The van der Waals surface area contributed by atoms with Gasteiger partial charge in [-0.2, -0.15) is 0 Å². The molecule has 1 rings (SSSR count). The summed E-state index contributed by atoms with van der Waals surface area (Å²) < 4.78 is 6.41. The third-order valence-corrected chi connectivity index (χ3v) is 5.83. The minimum atomic E-state index is -1.08. The zero-order valence-corrected chi connectivity index (χ0v) is 17.2. The van der Waals surface area contributed by atoms with Gasteiger partial charge in [-0.1, -0.05) is 67.9 Å². The van der Waals surface area contributed by atoms with Crippen molar-refractivity contribution in [3.05, 3.63) is 35.4 Å². The minimum Gasteiger partial charge on any atom is -0.413 e. The van der Waals surface area contributed by atoms with Crippen LogP contribution in [-0.2, 0) is 10.8 Å². The zero-order chi connectivity index (χ0) is 16.0. The van der Waals surface area contributed by atoms with Crippen LogP contribution in [0.3, 0.4) is 0 Å². The van der Waals surface area contributed by atoms with Crippen LogP contribution in [0.2, 0.25) is 13.1 Å². The summed E-state index contributed by atoms with van der Waals surface area (Å²) in [6.07, 6.45) is 2.54. The van der Waals surface area contributed by atoms with E-state index in [0.717, 1.165) is 11.8 Å². The second-order valence-corrected chi connectivity index (χ2v) is 10.2. The van der Waals surface area contributed by atoms with E-state index in [9.17, 15) is 0 Å². The molecule has 0 aliphatic heterocycles. The highest BCUT2D eigenvalue weighted by molar-refractivity contribution is 9.09. The van der Waals surface area contributed by atoms with Crippen LogP contribution in [0.15, 0.2) is 24.3 Å². The maximum absolute atomic E-state index is 6.41. The summed E-state index contributed by atoms with van der Waals surface area (Å²) in [5.74, 6) is 0.586. The Kier molecular flexibility index (Phi) is 7.65. The van der Waals surface area contributed by atoms with Crippen molar-refractivity contribution in [1.29, 1.82) is 0 Å². The molecule has 0 N–H and O–H groups in total. The highest BCUT2D eigenvalue weighted by atomic mass is 79.9. The van der Waals surface area contributed by atoms with E-state index in [1.54, 1.807) is 0 Å². The maximum Gasteiger partial charge on any atom is 0.171 e. The van der Waals surface area contributed by atoms with E-state index in [1.165, 1.54) is 17.5 Å². The molecule has 1 aromatic carbocycles. The largest absolute Gasteiger partial charge is 0.413 e. The van der Waals surface area contributed by atoms with Gasteiger partial charge in [0.2, 0.25) is 0 Å². The van der Waals surface area contributed by atoms with Gasteiger partial charge in [0.05, 0.1) is 6.10 Å². The molecule has 0 fully saturated rings. The predicted octanol–water partition coefficient (Wildman–Crippen LogP) is 5.74. The van der Waals surface area contributed by atoms with E-state index in [0.29, 0.717) is 5.92 Å². The molecule has 0 aliphatic rings. The van der Waals surface area contributed by atoms with Crippen molar-refractivity contribution < 1.29 is 4.43 Å². The summed E-state index contributed by atoms with van der Waals surface area (Å²) in [5, 5.41) is 1.07. The molecule has 1 unspecified atom stereocenters. The second-order valence-electron chi connectivity index (χ2n) is 7.08. The van der Waals surface area contributed by atoms with E-state index in [4.69, 9.17) is 4.43 Å². The average Bonchev–Trinajstić information content (AvgIpc) is 2.42. The third-order valence-electron chi connectivity index (χ3n) is 4.45. The Balaban J connectivity index is 2.98. The number of halogens is 1. The fourth-order valence-corrected chi connectivity index (χ4v) is 3.72. The molecule has 3 heteroatoms. The fraction of sp³-hybridized carbons (Fsp3) is 0.667. The molecule has 1 nitrogen and oxygen atoms in total. The number of alkyl halides is 1. The van der Waals surface area contributed by atoms with Gasteiger partial charge < -0.3 is 4.43 Å². The smallest absolute Gasteiger partial charge is 0.171 e. The van der Waals surface area contributed by atoms with Crippen LogP contribution < -0.4 is 0 Å². The summed E-state index contributed by atoms with van der Waals surface area (Å²) in [6.45, 7) is 13.8. The monoisotopic (exact) mass is 370 g/mol. The van der Waals surface area contributed by atoms with Gasteiger partial charge in [0, 0.05) is 5.33 Å². The van der Waals surface area contributed by atoms with Crippen molar-refractivity contribution in [2.45, 2.75) is 59.7 Å². The van der Waals surface area contributed by atoms with Gasteiger partial charge in [0.25, 0.3) is 0 Å². The molecule has 1 atom stereocenters. The molecule has 0 aliphatic carbocycles. The highest BCUT2D eigenvalue weighted by Gasteiger charge is 2.34. The van der Waals surface area contributed by atoms with E-state index in [-0.39, 0.29) is 11.5 Å². The number of hydrogen-bond donors (Lipinski definition) is 0. The van der Waals surface area contributed by atoms with Crippen LogP contribution in [0.1, 0.15) is 51.3 Å². The van der Waals surface area contributed by atoms with Gasteiger partial charge in [-0.15, -0.1) is 0 Å². The molecule has 0 saturated heterocycles. The number of aryl methyl sites for hydroxylation is 1. The Morgan fingerprint density at radius 1 is 1.14 bits per heavy atom. The molecule has 0 amide bonds. The third kappa shape index (κ3) is 5.54. The van der Waals surface area contributed by atoms with Gasteiger partial charge >= 0.3 is 0 Å². The van der Waals surface area contributed by atoms with E-state index in [2.05, 4.69) is 81.0 Å². The van der Waals surface area contributed by atoms with Crippen LogP contribution >= 0.6 is 15.9 Å². The Hall–Kier alpha value is -0.123. The first-order valence-electron chi connectivity index (χ1n) is 8.09. The predicted molar refractivity (Wildman–Crippen MR) is 99.9 cm³/mol. The van der Waals surface area contributed by atoms with Gasteiger partial charge in [-0.05, 0) is 48.4 Å². The number of hydrogen-bond acceptors (Lipinski definition) is 1. The molecule has 0 radical (unpaired) electrons. The molecule has 0 aromatic heterocycles. The lowest BCUT2D eigenvalue weighted by molar-refractivity contribution is 0.0352. The first-order chi connectivity index (χ1) is 9.78. The van der Waals surface area contributed by atoms with Crippen LogP contribution in [0, 0.1) is 11.3 Å². The first kappa shape index (κ1) is 18.9. The summed E-state index contributed by atoms with van der Waals surface area (Å²) in [6, 6.07) is 9.09. The number of rotatable bonds is 8. The summed E-state index contributed by atoms with van der Waals surface area (Å²) in [5.41, 5.74) is 2.90. The van der Waals surface area contributed by atoms with Crippen molar-refractivity contribution in [2.24, 2.45) is 11.3 Å². The van der Waals surface area contributed by atoms with Gasteiger partial charge in [-0.25, -0.2) is 0 Å². The minimum absolute atomic E-state index is 0.147. The maximum atomic E-state index is 6.41. The molecular weight excluding hydrogens is 340 g/mol. The molecule has 1 aromatic rings. The SMILES string of the molecule is CC(C)C(C)(C)C(O[SiH](C)C)c1ccc(CCCBr)cc1. The number of benzene rings is 1. The van der Waals surface area contributed by atoms with Crippen molar-refractivity contribution in [2.75, 3.05) is 5.33 Å². The Morgan fingerprint density at radius 2 is 1.71 bits per heavy atom. The van der Waals surface area contributed by atoms with Crippen LogP contribution in [0.5, 0.6) is 0 Å². The standard InChI is InChI=1S/C18H31BrOSi/c1-14(2)18(3,4)17(20-21(5)6)16-11-9-15(10-12-16)8-7-13-19/h9-12,14,17,21H,7-8,13H2,1-6H3. The molecule has 0 spiro atoms. The molecule has 21 heavy (non-hydrogen) atoms. The lowest BCUT2D eigenvalue weighted by atomic mass is 9.74. The topological polar surface area (TPSA) is 9.23 Å². The quantitative estimate of drug-likeness (QED) is 0.418. The average molecular weight is 371 g/mol. The molecule has 0 saturated carbocycles. The Morgan fingerprint density at radius 3 is 2.14 bits per heavy atom. The van der Waals surface area contributed by atoms with Gasteiger partial charge in [0.1, 0.15) is 0 Å². The lowest BCUT2D eigenvalue weighted by Crippen LogP contribution is -2.32. The van der Waals surface area contributed by atoms with E-state index >= 15 is 0 Å². The summed E-state index contributed by atoms with van der Waals surface area (Å²) >= 11 is 3.50. The molecular formula is C18H31BrOSi. The molecule has 0 heterocycles. The van der Waals surface area contributed by atoms with Crippen molar-refractivity contribution in [3.63, 3.8) is 0 Å². The van der Waals surface area contributed by atoms with Crippen LogP contribution in [0.25, 0.3) is 0 Å². The van der Waals surface area contributed by atoms with Crippen molar-refractivity contribution in [3.8, 4) is 0 Å². The lowest BCUT2D eigenvalue weighted by Gasteiger charge is -2.39. The van der Waals surface area contributed by atoms with Gasteiger partial charge in [0.15, 0.2) is 9.04 Å². The highest BCUT2D eigenvalue weighted by Crippen LogP contribution is 2.42. The summed E-state index contributed by atoms with van der Waals surface area (Å²) in [7, 11) is -1.08. The molecule has 120 valence electrons. The Labute approximate surface area is 141 Å². The Bertz CT molecular complexity index is 412. The normalized spacial score (nSPS) is 14.0. The second kappa shape index (κ2) is 8.49. The van der Waals surface area contributed by atoms with Crippen LogP contribution in [0.4, 0.5) is 0 Å². The van der Waals surface area contributed by atoms with E-state index in [1.807, 2.05) is 0 Å². The zero-order valence-electron chi connectivity index (χ0n) is 14.4. The first-order valence-corrected chi connectivity index (χ1v) is 12.0.